The van der Waals surface area contributed by atoms with Crippen LogP contribution in [0.25, 0.3) is 0 Å². The molecule has 0 bridgehead atoms. The van der Waals surface area contributed by atoms with Crippen LogP contribution in [0.5, 0.6) is 11.5 Å². The molecule has 1 saturated heterocycles. The van der Waals surface area contributed by atoms with Crippen LogP contribution in [0.4, 0.5) is 4.79 Å². The van der Waals surface area contributed by atoms with Gasteiger partial charge in [-0.05, 0) is 78.9 Å². The molecule has 10 heteroatoms. The minimum absolute atomic E-state index is 0.0174. The Morgan fingerprint density at radius 3 is 2.28 bits per heavy atom. The molecular formula is C36H46N2O7Si. The molecule has 0 aliphatic carbocycles. The van der Waals surface area contributed by atoms with Crippen molar-refractivity contribution in [1.29, 1.82) is 0 Å². The average Bonchev–Trinajstić information content (AvgIpc) is 3.22. The van der Waals surface area contributed by atoms with Crippen LogP contribution in [0.2, 0.25) is 18.1 Å². The lowest BCUT2D eigenvalue weighted by Gasteiger charge is -2.42. The fourth-order valence-corrected chi connectivity index (χ4v) is 7.71. The number of benzene rings is 3. The monoisotopic (exact) mass is 646 g/mol. The zero-order chi connectivity index (χ0) is 33.5. The molecule has 3 aromatic carbocycles. The first-order valence-corrected chi connectivity index (χ1v) is 18.7. The molecule has 2 N–H and O–H groups in total. The lowest BCUT2D eigenvalue weighted by atomic mass is 9.99. The lowest BCUT2D eigenvalue weighted by Crippen LogP contribution is -2.51. The van der Waals surface area contributed by atoms with E-state index in [1.807, 2.05) is 30.3 Å². The number of nitrogens with zero attached hydrogens (tertiary/aromatic N) is 1. The zero-order valence-corrected chi connectivity index (χ0v) is 28.6. The molecule has 246 valence electrons. The number of likely N-dealkylation sites (tertiary alicyclic amines) is 1. The third-order valence-electron chi connectivity index (χ3n) is 9.46. The van der Waals surface area contributed by atoms with Gasteiger partial charge in [-0.25, -0.2) is 9.59 Å². The van der Waals surface area contributed by atoms with Crippen molar-refractivity contribution >= 4 is 26.3 Å². The number of carboxylic acid groups (broad SMARTS) is 1. The van der Waals surface area contributed by atoms with E-state index < -0.39 is 38.4 Å². The SMILES string of the molecule is CC(C)C(C)(C)[Si](C)(C)Oc1ccc(C(=O)NC2CN(C(=O)O)CCCC2OC(=O)c2ccccc2OCc2ccccc2)cc1. The lowest BCUT2D eigenvalue weighted by molar-refractivity contribution is 0.0175. The molecule has 0 saturated carbocycles. The maximum absolute atomic E-state index is 13.5. The molecule has 2 amide bonds. The number of hydrogen-bond acceptors (Lipinski definition) is 6. The predicted octanol–water partition coefficient (Wildman–Crippen LogP) is 7.38. The fourth-order valence-electron chi connectivity index (χ4n) is 5.33. The number of rotatable bonds is 11. The van der Waals surface area contributed by atoms with Gasteiger partial charge < -0.3 is 29.2 Å². The first kappa shape index (κ1) is 34.6. The van der Waals surface area contributed by atoms with Crippen LogP contribution in [0, 0.1) is 5.92 Å². The van der Waals surface area contributed by atoms with E-state index in [2.05, 4.69) is 46.1 Å². The molecular weight excluding hydrogens is 600 g/mol. The molecule has 2 unspecified atom stereocenters. The third-order valence-corrected chi connectivity index (χ3v) is 13.9. The maximum atomic E-state index is 13.5. The molecule has 9 nitrogen and oxygen atoms in total. The van der Waals surface area contributed by atoms with Crippen LogP contribution >= 0.6 is 0 Å². The molecule has 4 rings (SSSR count). The van der Waals surface area contributed by atoms with Gasteiger partial charge in [-0.1, -0.05) is 70.2 Å². The fraction of sp³-hybridized carbons (Fsp3) is 0.417. The van der Waals surface area contributed by atoms with Crippen LogP contribution in [0.15, 0.2) is 78.9 Å². The number of carbonyl (C=O) groups is 3. The van der Waals surface area contributed by atoms with Crippen molar-refractivity contribution in [3.63, 3.8) is 0 Å². The number of nitrogens with one attached hydrogen (secondary N) is 1. The normalized spacial score (nSPS) is 17.2. The van der Waals surface area contributed by atoms with Crippen LogP contribution in [-0.4, -0.2) is 61.5 Å². The second kappa shape index (κ2) is 14.9. The van der Waals surface area contributed by atoms with Crippen molar-refractivity contribution in [1.82, 2.24) is 10.2 Å². The van der Waals surface area contributed by atoms with Crippen molar-refractivity contribution in [3.8, 4) is 11.5 Å². The summed E-state index contributed by atoms with van der Waals surface area (Å²) in [5.41, 5.74) is 1.60. The zero-order valence-electron chi connectivity index (χ0n) is 27.6. The summed E-state index contributed by atoms with van der Waals surface area (Å²) < 4.78 is 18.4. The van der Waals surface area contributed by atoms with Gasteiger partial charge in [-0.3, -0.25) is 4.79 Å². The Kier molecular flexibility index (Phi) is 11.2. The number of esters is 1. The number of hydrogen-bond donors (Lipinski definition) is 2. The summed E-state index contributed by atoms with van der Waals surface area (Å²) >= 11 is 0. The van der Waals surface area contributed by atoms with Gasteiger partial charge in [-0.15, -0.1) is 0 Å². The Labute approximate surface area is 273 Å². The van der Waals surface area contributed by atoms with Gasteiger partial charge in [0.2, 0.25) is 0 Å². The molecule has 1 aliphatic heterocycles. The molecule has 0 aromatic heterocycles. The van der Waals surface area contributed by atoms with E-state index in [0.717, 1.165) is 5.56 Å². The highest BCUT2D eigenvalue weighted by atomic mass is 28.4. The van der Waals surface area contributed by atoms with Crippen LogP contribution in [0.3, 0.4) is 0 Å². The Bertz CT molecular complexity index is 1490. The van der Waals surface area contributed by atoms with Crippen LogP contribution in [-0.2, 0) is 11.3 Å². The second-order valence-corrected chi connectivity index (χ2v) is 17.7. The van der Waals surface area contributed by atoms with Gasteiger partial charge in [0.1, 0.15) is 29.8 Å². The molecule has 1 heterocycles. The first-order valence-electron chi connectivity index (χ1n) is 15.8. The van der Waals surface area contributed by atoms with E-state index >= 15 is 0 Å². The minimum atomic E-state index is -2.14. The van der Waals surface area contributed by atoms with E-state index in [-0.39, 0.29) is 30.3 Å². The molecule has 3 aromatic rings. The van der Waals surface area contributed by atoms with E-state index in [1.165, 1.54) is 4.90 Å². The topological polar surface area (TPSA) is 114 Å². The summed E-state index contributed by atoms with van der Waals surface area (Å²) in [7, 11) is -2.14. The number of amides is 2. The average molecular weight is 647 g/mol. The number of ether oxygens (including phenoxy) is 2. The van der Waals surface area contributed by atoms with E-state index in [4.69, 9.17) is 13.9 Å². The first-order chi connectivity index (χ1) is 21.8. The van der Waals surface area contributed by atoms with Crippen molar-refractivity contribution in [3.05, 3.63) is 95.6 Å². The predicted molar refractivity (Wildman–Crippen MR) is 180 cm³/mol. The highest BCUT2D eigenvalue weighted by molar-refractivity contribution is 6.75. The summed E-state index contributed by atoms with van der Waals surface area (Å²) in [5.74, 6) is 0.530. The van der Waals surface area contributed by atoms with Gasteiger partial charge in [0, 0.05) is 18.7 Å². The largest absolute Gasteiger partial charge is 0.543 e. The van der Waals surface area contributed by atoms with Gasteiger partial charge in [0.25, 0.3) is 14.2 Å². The maximum Gasteiger partial charge on any atom is 0.407 e. The van der Waals surface area contributed by atoms with E-state index in [9.17, 15) is 19.5 Å². The van der Waals surface area contributed by atoms with Crippen molar-refractivity contribution in [2.24, 2.45) is 5.92 Å². The molecule has 0 spiro atoms. The number of para-hydroxylation sites is 1. The van der Waals surface area contributed by atoms with Gasteiger partial charge in [0.05, 0.1) is 6.04 Å². The summed E-state index contributed by atoms with van der Waals surface area (Å²) in [6.45, 7) is 13.8. The standard InChI is InChI=1S/C36H46N2O7Si/c1-25(2)36(3,4)46(5,6)45-28-20-18-27(19-21-28)33(39)37-30-23-38(35(41)42)22-12-17-32(30)44-34(40)29-15-10-11-16-31(29)43-24-26-13-8-7-9-14-26/h7-11,13-16,18-21,25,30,32H,12,17,22-24H2,1-6H3,(H,37,39)(H,41,42). The van der Waals surface area contributed by atoms with Gasteiger partial charge in [0.15, 0.2) is 0 Å². The summed E-state index contributed by atoms with van der Waals surface area (Å²) in [6, 6.07) is 22.7. The van der Waals surface area contributed by atoms with E-state index in [0.29, 0.717) is 35.8 Å². The highest BCUT2D eigenvalue weighted by Gasteiger charge is 2.45. The summed E-state index contributed by atoms with van der Waals surface area (Å²) in [6.07, 6.45) is -0.994. The number of carbonyl (C=O) groups excluding carboxylic acids is 2. The summed E-state index contributed by atoms with van der Waals surface area (Å²) in [4.78, 5) is 40.1. The Balaban J connectivity index is 1.48. The Morgan fingerprint density at radius 2 is 1.63 bits per heavy atom. The highest BCUT2D eigenvalue weighted by Crippen LogP contribution is 2.44. The van der Waals surface area contributed by atoms with Crippen LogP contribution < -0.4 is 14.5 Å². The Morgan fingerprint density at radius 1 is 0.978 bits per heavy atom. The third kappa shape index (κ3) is 8.48. The van der Waals surface area contributed by atoms with Crippen molar-refractivity contribution in [2.75, 3.05) is 13.1 Å². The van der Waals surface area contributed by atoms with Crippen molar-refractivity contribution in [2.45, 2.75) is 77.4 Å². The smallest absolute Gasteiger partial charge is 0.407 e. The Hall–Kier alpha value is -4.31. The summed E-state index contributed by atoms with van der Waals surface area (Å²) in [5, 5.41) is 12.7. The van der Waals surface area contributed by atoms with Crippen LogP contribution in [0.1, 0.15) is 66.8 Å². The van der Waals surface area contributed by atoms with Crippen molar-refractivity contribution < 1.29 is 33.4 Å². The molecule has 46 heavy (non-hydrogen) atoms. The molecule has 1 fully saturated rings. The quantitative estimate of drug-likeness (QED) is 0.165. The molecule has 0 radical (unpaired) electrons. The molecule has 1 aliphatic rings. The minimum Gasteiger partial charge on any atom is -0.543 e. The molecule has 2 atom stereocenters. The second-order valence-electron chi connectivity index (χ2n) is 13.2. The van der Waals surface area contributed by atoms with E-state index in [1.54, 1.807) is 48.5 Å². The van der Waals surface area contributed by atoms with Gasteiger partial charge in [-0.2, -0.15) is 0 Å². The van der Waals surface area contributed by atoms with Gasteiger partial charge >= 0.3 is 12.1 Å².